The molecule has 4 rings (SSSR count). The Morgan fingerprint density at radius 1 is 1.07 bits per heavy atom. The van der Waals surface area contributed by atoms with Crippen molar-refractivity contribution in [2.75, 3.05) is 19.6 Å². The van der Waals surface area contributed by atoms with Crippen LogP contribution in [0.1, 0.15) is 79.3 Å². The van der Waals surface area contributed by atoms with Gasteiger partial charge in [-0.1, -0.05) is 19.8 Å². The predicted octanol–water partition coefficient (Wildman–Crippen LogP) is 4.29. The van der Waals surface area contributed by atoms with Gasteiger partial charge in [0.15, 0.2) is 5.76 Å². The van der Waals surface area contributed by atoms with Gasteiger partial charge in [-0.2, -0.15) is 4.31 Å². The van der Waals surface area contributed by atoms with E-state index in [0.29, 0.717) is 19.6 Å². The Morgan fingerprint density at radius 3 is 2.50 bits per heavy atom. The molecule has 30 heavy (non-hydrogen) atoms. The fourth-order valence-corrected chi connectivity index (χ4v) is 6.12. The summed E-state index contributed by atoms with van der Waals surface area (Å²) in [6.45, 7) is 5.28. The van der Waals surface area contributed by atoms with Gasteiger partial charge in [0, 0.05) is 32.1 Å². The first-order valence-corrected chi connectivity index (χ1v) is 12.4. The maximum atomic E-state index is 13.4. The molecule has 2 aliphatic heterocycles. The normalized spacial score (nSPS) is 21.1. The van der Waals surface area contributed by atoms with Gasteiger partial charge in [-0.15, -0.1) is 0 Å². The molecule has 0 aliphatic carbocycles. The molecule has 2 aliphatic rings. The molecule has 0 saturated carbocycles. The molecule has 164 valence electrons. The van der Waals surface area contributed by atoms with Gasteiger partial charge in [0.1, 0.15) is 22.2 Å². The summed E-state index contributed by atoms with van der Waals surface area (Å²) < 4.78 is 39.1. The maximum absolute atomic E-state index is 13.4. The predicted molar refractivity (Wildman–Crippen MR) is 112 cm³/mol. The van der Waals surface area contributed by atoms with E-state index in [2.05, 4.69) is 0 Å². The Bertz CT molecular complexity index is 1000. The van der Waals surface area contributed by atoms with Crippen LogP contribution in [0.5, 0.6) is 0 Å². The second kappa shape index (κ2) is 8.59. The molecule has 0 spiro atoms. The van der Waals surface area contributed by atoms with Crippen LogP contribution >= 0.6 is 0 Å². The zero-order valence-corrected chi connectivity index (χ0v) is 18.5. The van der Waals surface area contributed by atoms with Crippen LogP contribution < -0.4 is 0 Å². The van der Waals surface area contributed by atoms with Crippen LogP contribution in [0.25, 0.3) is 0 Å². The summed E-state index contributed by atoms with van der Waals surface area (Å²) in [4.78, 5) is 15.3. The van der Waals surface area contributed by atoms with Crippen LogP contribution in [0.4, 0.5) is 0 Å². The second-order valence-electron chi connectivity index (χ2n) is 8.16. The third-order valence-corrected chi connectivity index (χ3v) is 8.14. The lowest BCUT2D eigenvalue weighted by Crippen LogP contribution is -2.34. The molecular formula is C22H30N2O5S. The highest BCUT2D eigenvalue weighted by Crippen LogP contribution is 2.34. The van der Waals surface area contributed by atoms with E-state index in [1.807, 2.05) is 19.1 Å². The maximum Gasteiger partial charge on any atom is 0.290 e. The van der Waals surface area contributed by atoms with Crippen LogP contribution in [-0.2, 0) is 16.4 Å². The highest BCUT2D eigenvalue weighted by molar-refractivity contribution is 7.89. The summed E-state index contributed by atoms with van der Waals surface area (Å²) >= 11 is 0. The monoisotopic (exact) mass is 434 g/mol. The van der Waals surface area contributed by atoms with Crippen LogP contribution in [0.2, 0.25) is 0 Å². The molecule has 7 nitrogen and oxygen atoms in total. The van der Waals surface area contributed by atoms with Crippen LogP contribution in [0, 0.1) is 6.92 Å². The Kier molecular flexibility index (Phi) is 6.06. The smallest absolute Gasteiger partial charge is 0.290 e. The summed E-state index contributed by atoms with van der Waals surface area (Å²) in [6.07, 6.45) is 6.31. The number of likely N-dealkylation sites (tertiary alicyclic amines) is 1. The van der Waals surface area contributed by atoms with Crippen molar-refractivity contribution in [1.29, 1.82) is 0 Å². The van der Waals surface area contributed by atoms with E-state index in [1.54, 1.807) is 11.8 Å². The van der Waals surface area contributed by atoms with Gasteiger partial charge in [0.2, 0.25) is 10.0 Å². The van der Waals surface area contributed by atoms with Gasteiger partial charge < -0.3 is 13.7 Å². The van der Waals surface area contributed by atoms with Crippen molar-refractivity contribution in [3.8, 4) is 0 Å². The number of amides is 1. The number of aryl methyl sites for hydroxylation is 2. The number of nitrogens with zero attached hydrogens (tertiary/aromatic N) is 2. The number of sulfonamides is 1. The number of hydrogen-bond donors (Lipinski definition) is 0. The van der Waals surface area contributed by atoms with Crippen LogP contribution in [0.3, 0.4) is 0 Å². The first-order chi connectivity index (χ1) is 14.4. The lowest BCUT2D eigenvalue weighted by atomic mass is 10.1. The number of carbonyl (C=O) groups excluding carboxylic acids is 1. The second-order valence-corrected chi connectivity index (χ2v) is 10.1. The molecular weight excluding hydrogens is 404 g/mol. The zero-order valence-electron chi connectivity index (χ0n) is 17.7. The first kappa shape index (κ1) is 21.2. The minimum atomic E-state index is -3.64. The van der Waals surface area contributed by atoms with Gasteiger partial charge in [-0.25, -0.2) is 8.42 Å². The number of carbonyl (C=O) groups is 1. The van der Waals surface area contributed by atoms with E-state index in [9.17, 15) is 13.2 Å². The molecule has 4 heterocycles. The molecule has 2 aromatic rings. The SMILES string of the molecule is CCc1ccc(C2CCCCCN2C(=O)c2cc(S(=O)(=O)N3CCCC3)c(C)o2)o1. The van der Waals surface area contributed by atoms with Gasteiger partial charge in [-0.3, -0.25) is 4.79 Å². The van der Waals surface area contributed by atoms with E-state index >= 15 is 0 Å². The standard InChI is InChI=1S/C22H30N2O5S/c1-3-17-10-11-19(29-17)18-9-5-4-6-14-24(18)22(25)20-15-21(16(2)28-20)30(26,27)23-12-7-8-13-23/h10-11,15,18H,3-9,12-14H2,1-2H3. The fraction of sp³-hybridized carbons (Fsp3) is 0.591. The molecule has 0 bridgehead atoms. The van der Waals surface area contributed by atoms with E-state index in [4.69, 9.17) is 8.83 Å². The zero-order chi connectivity index (χ0) is 21.3. The lowest BCUT2D eigenvalue weighted by molar-refractivity contribution is 0.0623. The summed E-state index contributed by atoms with van der Waals surface area (Å²) in [7, 11) is -3.64. The van der Waals surface area contributed by atoms with Crippen molar-refractivity contribution in [2.45, 2.75) is 69.7 Å². The summed E-state index contributed by atoms with van der Waals surface area (Å²) in [5, 5.41) is 0. The summed E-state index contributed by atoms with van der Waals surface area (Å²) in [6, 6.07) is 5.16. The van der Waals surface area contributed by atoms with E-state index in [-0.39, 0.29) is 28.4 Å². The number of rotatable bonds is 5. The van der Waals surface area contributed by atoms with Gasteiger partial charge >= 0.3 is 0 Å². The molecule has 0 aromatic carbocycles. The number of hydrogen-bond acceptors (Lipinski definition) is 5. The van der Waals surface area contributed by atoms with Crippen molar-refractivity contribution in [2.24, 2.45) is 0 Å². The fourth-order valence-electron chi connectivity index (χ4n) is 4.45. The van der Waals surface area contributed by atoms with Crippen molar-refractivity contribution in [3.05, 3.63) is 41.2 Å². The molecule has 8 heteroatoms. The highest BCUT2D eigenvalue weighted by Gasteiger charge is 2.35. The Balaban J connectivity index is 1.63. The minimum Gasteiger partial charge on any atom is -0.464 e. The van der Waals surface area contributed by atoms with Gasteiger partial charge in [0.05, 0.1) is 6.04 Å². The van der Waals surface area contributed by atoms with E-state index in [0.717, 1.165) is 56.5 Å². The topological polar surface area (TPSA) is 84.0 Å². The molecule has 0 radical (unpaired) electrons. The molecule has 0 N–H and O–H groups in total. The minimum absolute atomic E-state index is 0.0828. The molecule has 1 atom stereocenters. The third-order valence-electron chi connectivity index (χ3n) is 6.14. The molecule has 1 amide bonds. The lowest BCUT2D eigenvalue weighted by Gasteiger charge is -2.27. The largest absolute Gasteiger partial charge is 0.464 e. The molecule has 2 aromatic heterocycles. The molecule has 1 unspecified atom stereocenters. The van der Waals surface area contributed by atoms with E-state index in [1.165, 1.54) is 10.4 Å². The third kappa shape index (κ3) is 3.95. The summed E-state index contributed by atoms with van der Waals surface area (Å²) in [5.41, 5.74) is 0. The van der Waals surface area contributed by atoms with Crippen LogP contribution in [-0.4, -0.2) is 43.2 Å². The average molecular weight is 435 g/mol. The molecule has 2 fully saturated rings. The van der Waals surface area contributed by atoms with Gasteiger partial charge in [-0.05, 0) is 44.7 Å². The van der Waals surface area contributed by atoms with Crippen molar-refractivity contribution in [1.82, 2.24) is 9.21 Å². The Hall–Kier alpha value is -2.06. The van der Waals surface area contributed by atoms with E-state index < -0.39 is 10.0 Å². The van der Waals surface area contributed by atoms with Crippen molar-refractivity contribution >= 4 is 15.9 Å². The van der Waals surface area contributed by atoms with Crippen molar-refractivity contribution in [3.63, 3.8) is 0 Å². The van der Waals surface area contributed by atoms with Crippen LogP contribution in [0.15, 0.2) is 31.9 Å². The Labute approximate surface area is 178 Å². The number of furan rings is 2. The van der Waals surface area contributed by atoms with Gasteiger partial charge in [0.25, 0.3) is 5.91 Å². The van der Waals surface area contributed by atoms with Crippen molar-refractivity contribution < 1.29 is 22.0 Å². The highest BCUT2D eigenvalue weighted by atomic mass is 32.2. The summed E-state index contributed by atoms with van der Waals surface area (Å²) in [5.74, 6) is 1.76. The first-order valence-electron chi connectivity index (χ1n) is 10.9. The molecule has 2 saturated heterocycles. The Morgan fingerprint density at radius 2 is 1.80 bits per heavy atom. The quantitative estimate of drug-likeness (QED) is 0.701. The average Bonchev–Trinajstić information content (AvgIpc) is 3.46.